The van der Waals surface area contributed by atoms with Gasteiger partial charge in [-0.25, -0.2) is 4.98 Å². The first kappa shape index (κ1) is 21.4. The van der Waals surface area contributed by atoms with Gasteiger partial charge in [0.2, 0.25) is 5.91 Å². The Bertz CT molecular complexity index is 1280. The van der Waals surface area contributed by atoms with Gasteiger partial charge in [-0.05, 0) is 72.9 Å². The number of amides is 1. The molecular formula is C27H27N3O3S. The van der Waals surface area contributed by atoms with E-state index in [2.05, 4.69) is 51.6 Å². The fourth-order valence-electron chi connectivity index (χ4n) is 5.88. The number of aromatic nitrogens is 1. The molecule has 174 valence electrons. The summed E-state index contributed by atoms with van der Waals surface area (Å²) in [5.74, 6) is -2.36. The number of carboxylic acids is 1. The summed E-state index contributed by atoms with van der Waals surface area (Å²) in [6, 6.07) is 14.9. The number of fused-ring (bicyclic) bond motifs is 3. The molecule has 3 aromatic rings. The summed E-state index contributed by atoms with van der Waals surface area (Å²) in [6.45, 7) is 2.26. The fourth-order valence-corrected chi connectivity index (χ4v) is 6.79. The number of hydrogen-bond acceptors (Lipinski definition) is 5. The Labute approximate surface area is 202 Å². The SMILES string of the molecule is O=C(Nc1nc2ccc(-c3ccc(N4CCCCC4)cc3)cc2s1)[C@@H]1C2C=CC(C2)[C@@H]1C(=O)O. The number of piperidine rings is 1. The van der Waals surface area contributed by atoms with Crippen molar-refractivity contribution < 1.29 is 14.7 Å². The zero-order valence-corrected chi connectivity index (χ0v) is 19.6. The van der Waals surface area contributed by atoms with Crippen LogP contribution in [0.25, 0.3) is 21.3 Å². The number of nitrogens with one attached hydrogen (secondary N) is 1. The summed E-state index contributed by atoms with van der Waals surface area (Å²) in [6.07, 6.45) is 8.54. The van der Waals surface area contributed by atoms with E-state index in [-0.39, 0.29) is 17.7 Å². The predicted molar refractivity (Wildman–Crippen MR) is 135 cm³/mol. The van der Waals surface area contributed by atoms with Gasteiger partial charge in [0.25, 0.3) is 0 Å². The van der Waals surface area contributed by atoms with Crippen molar-refractivity contribution in [3.63, 3.8) is 0 Å². The van der Waals surface area contributed by atoms with E-state index in [9.17, 15) is 14.7 Å². The van der Waals surface area contributed by atoms with E-state index in [1.165, 1.54) is 36.3 Å². The lowest BCUT2D eigenvalue weighted by Crippen LogP contribution is -2.36. The Hall–Kier alpha value is -3.19. The van der Waals surface area contributed by atoms with E-state index in [0.717, 1.165) is 40.9 Å². The molecule has 1 amide bonds. The topological polar surface area (TPSA) is 82.5 Å². The lowest BCUT2D eigenvalue weighted by atomic mass is 9.82. The number of rotatable bonds is 5. The molecule has 7 heteroatoms. The lowest BCUT2D eigenvalue weighted by Gasteiger charge is -2.28. The maximum Gasteiger partial charge on any atom is 0.307 e. The highest BCUT2D eigenvalue weighted by atomic mass is 32.1. The molecule has 0 radical (unpaired) electrons. The van der Waals surface area contributed by atoms with Gasteiger partial charge in [-0.1, -0.05) is 41.7 Å². The molecule has 1 aromatic heterocycles. The van der Waals surface area contributed by atoms with Crippen molar-refractivity contribution in [1.82, 2.24) is 4.98 Å². The molecule has 3 aliphatic rings. The number of carbonyl (C=O) groups excluding carboxylic acids is 1. The van der Waals surface area contributed by atoms with Crippen molar-refractivity contribution in [2.45, 2.75) is 25.7 Å². The molecule has 6 nitrogen and oxygen atoms in total. The fraction of sp³-hybridized carbons (Fsp3) is 0.370. The van der Waals surface area contributed by atoms with Crippen LogP contribution in [0.4, 0.5) is 10.8 Å². The van der Waals surface area contributed by atoms with Gasteiger partial charge >= 0.3 is 5.97 Å². The van der Waals surface area contributed by atoms with Crippen LogP contribution in [0.3, 0.4) is 0 Å². The average Bonchev–Trinajstić information content (AvgIpc) is 3.58. The van der Waals surface area contributed by atoms with Crippen molar-refractivity contribution in [1.29, 1.82) is 0 Å². The Balaban J connectivity index is 1.20. The molecule has 2 fully saturated rings. The molecule has 2 aliphatic carbocycles. The maximum atomic E-state index is 13.0. The average molecular weight is 474 g/mol. The molecule has 2 aromatic carbocycles. The Morgan fingerprint density at radius 3 is 2.38 bits per heavy atom. The summed E-state index contributed by atoms with van der Waals surface area (Å²) >= 11 is 1.43. The zero-order valence-electron chi connectivity index (χ0n) is 18.8. The first-order valence-electron chi connectivity index (χ1n) is 12.0. The number of benzene rings is 2. The third kappa shape index (κ3) is 3.78. The minimum Gasteiger partial charge on any atom is -0.481 e. The molecule has 1 saturated carbocycles. The molecule has 6 rings (SSSR count). The summed E-state index contributed by atoms with van der Waals surface area (Å²) in [5, 5.41) is 13.1. The van der Waals surface area contributed by atoms with Crippen LogP contribution in [-0.4, -0.2) is 35.1 Å². The van der Waals surface area contributed by atoms with Crippen molar-refractivity contribution in [2.24, 2.45) is 23.7 Å². The Kier molecular flexibility index (Phi) is 5.37. The monoisotopic (exact) mass is 473 g/mol. The van der Waals surface area contributed by atoms with Crippen molar-refractivity contribution >= 4 is 44.2 Å². The number of aliphatic carboxylic acids is 1. The van der Waals surface area contributed by atoms with Crippen molar-refractivity contribution in [2.75, 3.05) is 23.3 Å². The molecule has 1 aliphatic heterocycles. The van der Waals surface area contributed by atoms with Gasteiger partial charge in [-0.15, -0.1) is 0 Å². The van der Waals surface area contributed by atoms with Gasteiger partial charge in [0, 0.05) is 18.8 Å². The van der Waals surface area contributed by atoms with Crippen LogP contribution in [0.1, 0.15) is 25.7 Å². The van der Waals surface area contributed by atoms with E-state index in [1.54, 1.807) is 0 Å². The summed E-state index contributed by atoms with van der Waals surface area (Å²) in [7, 11) is 0. The van der Waals surface area contributed by atoms with Gasteiger partial charge < -0.3 is 15.3 Å². The van der Waals surface area contributed by atoms with Gasteiger partial charge in [-0.3, -0.25) is 9.59 Å². The van der Waals surface area contributed by atoms with Crippen LogP contribution in [-0.2, 0) is 9.59 Å². The second-order valence-corrected chi connectivity index (χ2v) is 10.7. The first-order chi connectivity index (χ1) is 16.6. The van der Waals surface area contributed by atoms with E-state index < -0.39 is 17.8 Å². The van der Waals surface area contributed by atoms with Gasteiger partial charge in [-0.2, -0.15) is 0 Å². The highest BCUT2D eigenvalue weighted by Gasteiger charge is 2.51. The molecule has 2 unspecified atom stereocenters. The largest absolute Gasteiger partial charge is 0.481 e. The van der Waals surface area contributed by atoms with Crippen LogP contribution in [0, 0.1) is 23.7 Å². The Morgan fingerprint density at radius 1 is 0.941 bits per heavy atom. The van der Waals surface area contributed by atoms with E-state index >= 15 is 0 Å². The normalized spacial score (nSPS) is 25.7. The van der Waals surface area contributed by atoms with Crippen LogP contribution < -0.4 is 10.2 Å². The molecule has 2 bridgehead atoms. The highest BCUT2D eigenvalue weighted by Crippen LogP contribution is 2.48. The molecular weight excluding hydrogens is 446 g/mol. The van der Waals surface area contributed by atoms with Gasteiger partial charge in [0.15, 0.2) is 5.13 Å². The number of nitrogens with zero attached hydrogens (tertiary/aromatic N) is 2. The summed E-state index contributed by atoms with van der Waals surface area (Å²) in [5.41, 5.74) is 4.38. The molecule has 4 atom stereocenters. The van der Waals surface area contributed by atoms with Gasteiger partial charge in [0.1, 0.15) is 0 Å². The second-order valence-electron chi connectivity index (χ2n) is 9.62. The number of allylic oxidation sites excluding steroid dienone is 2. The quantitative estimate of drug-likeness (QED) is 0.484. The van der Waals surface area contributed by atoms with E-state index in [4.69, 9.17) is 0 Å². The standard InChI is InChI=1S/C27H27N3O3S/c31-25(23-18-4-5-19(14-18)24(23)26(32)33)29-27-28-21-11-8-17(15-22(21)34-27)16-6-9-20(10-7-16)30-12-2-1-3-13-30/h4-11,15,18-19,23-24H,1-3,12-14H2,(H,32,33)(H,28,29,31)/t18?,19?,23-,24+/m1/s1. The Morgan fingerprint density at radius 2 is 1.65 bits per heavy atom. The molecule has 34 heavy (non-hydrogen) atoms. The van der Waals surface area contributed by atoms with Crippen LogP contribution >= 0.6 is 11.3 Å². The third-order valence-corrected chi connectivity index (χ3v) is 8.52. The van der Waals surface area contributed by atoms with Crippen LogP contribution in [0.5, 0.6) is 0 Å². The van der Waals surface area contributed by atoms with Crippen molar-refractivity contribution in [3.8, 4) is 11.1 Å². The second kappa shape index (κ2) is 8.55. The minimum atomic E-state index is -0.891. The molecule has 1 saturated heterocycles. The number of anilines is 2. The number of carbonyl (C=O) groups is 2. The molecule has 0 spiro atoms. The number of thiazole rings is 1. The maximum absolute atomic E-state index is 13.0. The van der Waals surface area contributed by atoms with Crippen LogP contribution in [0.15, 0.2) is 54.6 Å². The predicted octanol–water partition coefficient (Wildman–Crippen LogP) is 5.42. The number of carboxylic acid groups (broad SMARTS) is 1. The highest BCUT2D eigenvalue weighted by molar-refractivity contribution is 7.22. The van der Waals surface area contributed by atoms with Crippen LogP contribution in [0.2, 0.25) is 0 Å². The first-order valence-corrected chi connectivity index (χ1v) is 12.9. The molecule has 2 N–H and O–H groups in total. The van der Waals surface area contributed by atoms with E-state index in [0.29, 0.717) is 5.13 Å². The minimum absolute atomic E-state index is 0.00000997. The van der Waals surface area contributed by atoms with E-state index in [1.807, 2.05) is 18.2 Å². The zero-order chi connectivity index (χ0) is 23.2. The van der Waals surface area contributed by atoms with Gasteiger partial charge in [0.05, 0.1) is 22.1 Å². The molecule has 2 heterocycles. The third-order valence-electron chi connectivity index (χ3n) is 7.59. The lowest BCUT2D eigenvalue weighted by molar-refractivity contribution is -0.146. The van der Waals surface area contributed by atoms with Crippen molar-refractivity contribution in [3.05, 3.63) is 54.6 Å². The summed E-state index contributed by atoms with van der Waals surface area (Å²) in [4.78, 5) is 31.8. The smallest absolute Gasteiger partial charge is 0.307 e. The number of hydrogen-bond donors (Lipinski definition) is 2. The summed E-state index contributed by atoms with van der Waals surface area (Å²) < 4.78 is 0.996.